The first kappa shape index (κ1) is 17.7. The number of carbonyl (C=O) groups is 2. The van der Waals surface area contributed by atoms with E-state index in [1.807, 2.05) is 30.4 Å². The van der Waals surface area contributed by atoms with Crippen LogP contribution >= 0.6 is 11.6 Å². The molecule has 2 amide bonds. The number of likely N-dealkylation sites (tertiary alicyclic amines) is 1. The number of hydrogen-bond acceptors (Lipinski definition) is 2. The molecule has 2 fully saturated rings. The number of quaternary nitrogens is 2. The zero-order valence-electron chi connectivity index (χ0n) is 14.9. The Hall–Kier alpha value is -1.69. The largest absolute Gasteiger partial charge is 0.322 e. The van der Waals surface area contributed by atoms with Crippen molar-refractivity contribution in [3.63, 3.8) is 0 Å². The molecule has 3 aliphatic rings. The smallest absolute Gasteiger partial charge is 0.237 e. The first-order valence-electron chi connectivity index (χ1n) is 9.53. The fourth-order valence-corrected chi connectivity index (χ4v) is 4.69. The lowest BCUT2D eigenvalue weighted by Gasteiger charge is -2.31. The van der Waals surface area contributed by atoms with Crippen molar-refractivity contribution < 1.29 is 19.4 Å². The maximum absolute atomic E-state index is 12.6. The number of fused-ring (bicyclic) bond motifs is 1. The van der Waals surface area contributed by atoms with E-state index in [9.17, 15) is 9.59 Å². The Morgan fingerprint density at radius 2 is 1.58 bits per heavy atom. The molecule has 2 saturated heterocycles. The van der Waals surface area contributed by atoms with Crippen LogP contribution in [0, 0.1) is 11.8 Å². The molecule has 1 aromatic rings. The van der Waals surface area contributed by atoms with Gasteiger partial charge < -0.3 is 9.80 Å². The van der Waals surface area contributed by atoms with E-state index in [2.05, 4.69) is 6.07 Å². The third-order valence-electron chi connectivity index (χ3n) is 5.99. The maximum Gasteiger partial charge on any atom is 0.237 e. The van der Waals surface area contributed by atoms with Crippen molar-refractivity contribution in [2.24, 2.45) is 11.8 Å². The van der Waals surface area contributed by atoms with E-state index in [0.29, 0.717) is 6.67 Å². The predicted molar refractivity (Wildman–Crippen MR) is 98.6 cm³/mol. The Kier molecular flexibility index (Phi) is 5.11. The number of imide groups is 1. The van der Waals surface area contributed by atoms with Gasteiger partial charge in [0.25, 0.3) is 0 Å². The molecule has 5 nitrogen and oxygen atoms in total. The molecule has 0 saturated carbocycles. The molecular weight excluding hydrogens is 350 g/mol. The van der Waals surface area contributed by atoms with Gasteiger partial charge in [0.1, 0.15) is 32.7 Å². The summed E-state index contributed by atoms with van der Waals surface area (Å²) in [6, 6.07) is 8.05. The quantitative estimate of drug-likeness (QED) is 0.552. The molecule has 0 radical (unpaired) electrons. The molecular formula is C20H26ClN3O2+2. The van der Waals surface area contributed by atoms with Crippen LogP contribution in [0.2, 0.25) is 5.02 Å². The average molecular weight is 376 g/mol. The van der Waals surface area contributed by atoms with Crippen LogP contribution in [0.4, 0.5) is 0 Å². The number of piperazine rings is 1. The third-order valence-corrected chi connectivity index (χ3v) is 6.22. The van der Waals surface area contributed by atoms with Gasteiger partial charge in [0.15, 0.2) is 6.67 Å². The second kappa shape index (κ2) is 7.51. The van der Waals surface area contributed by atoms with Gasteiger partial charge in [-0.1, -0.05) is 35.9 Å². The van der Waals surface area contributed by atoms with E-state index in [1.165, 1.54) is 15.4 Å². The minimum absolute atomic E-state index is 0.0468. The lowest BCUT2D eigenvalue weighted by atomic mass is 9.85. The minimum Gasteiger partial charge on any atom is -0.322 e. The third kappa shape index (κ3) is 3.56. The van der Waals surface area contributed by atoms with Crippen LogP contribution in [0.1, 0.15) is 18.4 Å². The molecule has 1 aromatic carbocycles. The van der Waals surface area contributed by atoms with Crippen LogP contribution in [0.3, 0.4) is 0 Å². The number of nitrogens with one attached hydrogen (secondary N) is 2. The van der Waals surface area contributed by atoms with Crippen molar-refractivity contribution in [1.29, 1.82) is 0 Å². The summed E-state index contributed by atoms with van der Waals surface area (Å²) in [6.07, 6.45) is 5.53. The van der Waals surface area contributed by atoms with E-state index in [4.69, 9.17) is 11.6 Å². The highest BCUT2D eigenvalue weighted by molar-refractivity contribution is 6.30. The van der Waals surface area contributed by atoms with Crippen LogP contribution in [0.5, 0.6) is 0 Å². The second-order valence-electron chi connectivity index (χ2n) is 7.73. The number of nitrogens with zero attached hydrogens (tertiary/aromatic N) is 1. The highest BCUT2D eigenvalue weighted by Crippen LogP contribution is 2.34. The Labute approximate surface area is 159 Å². The fourth-order valence-electron chi connectivity index (χ4n) is 4.48. The average Bonchev–Trinajstić information content (AvgIpc) is 2.89. The van der Waals surface area contributed by atoms with Gasteiger partial charge in [-0.25, -0.2) is 4.90 Å². The summed E-state index contributed by atoms with van der Waals surface area (Å²) in [5.41, 5.74) is 1.26. The molecule has 0 aromatic heterocycles. The normalized spacial score (nSPS) is 31.3. The summed E-state index contributed by atoms with van der Waals surface area (Å²) in [5, 5.41) is 0.785. The molecule has 2 aliphatic heterocycles. The van der Waals surface area contributed by atoms with E-state index in [-0.39, 0.29) is 23.7 Å². The maximum atomic E-state index is 12.6. The second-order valence-corrected chi connectivity index (χ2v) is 8.16. The van der Waals surface area contributed by atoms with Gasteiger partial charge in [-0.15, -0.1) is 0 Å². The van der Waals surface area contributed by atoms with Gasteiger partial charge in [-0.2, -0.15) is 0 Å². The monoisotopic (exact) mass is 375 g/mol. The first-order valence-corrected chi connectivity index (χ1v) is 9.91. The molecule has 4 rings (SSSR count). The summed E-state index contributed by atoms with van der Waals surface area (Å²) in [6.45, 7) is 5.58. The van der Waals surface area contributed by atoms with Crippen molar-refractivity contribution in [2.45, 2.75) is 19.4 Å². The zero-order valence-corrected chi connectivity index (χ0v) is 15.7. The number of halogens is 1. The Morgan fingerprint density at radius 1 is 0.962 bits per heavy atom. The SMILES string of the molecule is O=C1[C@H]2CC=CC[C@H]2C(=O)N1C[NH+]1CC[NH+](Cc2cccc(Cl)c2)CC1. The van der Waals surface area contributed by atoms with Crippen LogP contribution in [0.15, 0.2) is 36.4 Å². The number of carbonyl (C=O) groups excluding carboxylic acids is 2. The van der Waals surface area contributed by atoms with Crippen molar-refractivity contribution >= 4 is 23.4 Å². The number of amides is 2. The summed E-state index contributed by atoms with van der Waals surface area (Å²) in [5.74, 6) is -0.126. The van der Waals surface area contributed by atoms with Gasteiger partial charge in [0, 0.05) is 10.6 Å². The van der Waals surface area contributed by atoms with Crippen molar-refractivity contribution in [2.75, 3.05) is 32.8 Å². The summed E-state index contributed by atoms with van der Waals surface area (Å²) in [7, 11) is 0. The number of allylic oxidation sites excluding steroid dienone is 2. The van der Waals surface area contributed by atoms with Gasteiger partial charge in [-0.3, -0.25) is 9.59 Å². The highest BCUT2D eigenvalue weighted by atomic mass is 35.5. The van der Waals surface area contributed by atoms with E-state index < -0.39 is 0 Å². The molecule has 0 unspecified atom stereocenters. The Balaban J connectivity index is 1.30. The minimum atomic E-state index is -0.110. The first-order chi connectivity index (χ1) is 12.6. The van der Waals surface area contributed by atoms with Crippen molar-refractivity contribution in [3.8, 4) is 0 Å². The number of rotatable bonds is 4. The Morgan fingerprint density at radius 3 is 2.19 bits per heavy atom. The summed E-state index contributed by atoms with van der Waals surface area (Å²) >= 11 is 6.07. The van der Waals surface area contributed by atoms with Crippen LogP contribution in [-0.2, 0) is 16.1 Å². The van der Waals surface area contributed by atoms with Crippen LogP contribution in [0.25, 0.3) is 0 Å². The molecule has 138 valence electrons. The topological polar surface area (TPSA) is 46.3 Å². The van der Waals surface area contributed by atoms with Gasteiger partial charge >= 0.3 is 0 Å². The van der Waals surface area contributed by atoms with Crippen LogP contribution < -0.4 is 9.80 Å². The molecule has 2 N–H and O–H groups in total. The summed E-state index contributed by atoms with van der Waals surface area (Å²) in [4.78, 5) is 29.6. The molecule has 0 bridgehead atoms. The molecule has 6 heteroatoms. The standard InChI is InChI=1S/C20H24ClN3O2/c21-16-5-3-4-15(12-16)13-22-8-10-23(11-9-22)14-24-19(25)17-6-1-2-7-18(17)20(24)26/h1-5,12,17-18H,6-11,13-14H2/p+2/t17-,18+. The van der Waals surface area contributed by atoms with Gasteiger partial charge in [-0.05, 0) is 25.0 Å². The summed E-state index contributed by atoms with van der Waals surface area (Å²) < 4.78 is 0. The van der Waals surface area contributed by atoms with E-state index >= 15 is 0 Å². The Bertz CT molecular complexity index is 702. The zero-order chi connectivity index (χ0) is 18.1. The molecule has 0 spiro atoms. The molecule has 2 atom stereocenters. The lowest BCUT2D eigenvalue weighted by Crippen LogP contribution is -3.28. The van der Waals surface area contributed by atoms with Gasteiger partial charge in [0.05, 0.1) is 11.8 Å². The predicted octanol–water partition coefficient (Wildman–Crippen LogP) is -0.468. The van der Waals surface area contributed by atoms with Crippen LogP contribution in [-0.4, -0.2) is 49.6 Å². The van der Waals surface area contributed by atoms with Crippen molar-refractivity contribution in [1.82, 2.24) is 4.90 Å². The fraction of sp³-hybridized carbons (Fsp3) is 0.500. The van der Waals surface area contributed by atoms with Gasteiger partial charge in [0.2, 0.25) is 11.8 Å². The molecule has 26 heavy (non-hydrogen) atoms. The molecule has 1 aliphatic carbocycles. The number of benzene rings is 1. The van der Waals surface area contributed by atoms with E-state index in [1.54, 1.807) is 4.90 Å². The number of hydrogen-bond donors (Lipinski definition) is 2. The lowest BCUT2D eigenvalue weighted by molar-refractivity contribution is -1.02. The molecule has 2 heterocycles. The van der Waals surface area contributed by atoms with E-state index in [0.717, 1.165) is 50.6 Å². The highest BCUT2D eigenvalue weighted by Gasteiger charge is 2.48. The van der Waals surface area contributed by atoms with Crippen molar-refractivity contribution in [3.05, 3.63) is 47.0 Å².